The minimum atomic E-state index is 0.350. The molecule has 0 saturated heterocycles. The standard InChI is InChI=1S/C13H17ClN4S/c1-3-4-10-11(14)17-8-18-12(10)16-7-9(2)13-15-5-6-19-13/h5-6,8-9H,3-4,7H2,1-2H3,(H,16,17,18). The predicted molar refractivity (Wildman–Crippen MR) is 80.1 cm³/mol. The number of aromatic nitrogens is 3. The molecule has 0 spiro atoms. The lowest BCUT2D eigenvalue weighted by Crippen LogP contribution is -2.12. The molecule has 6 heteroatoms. The first-order valence-electron chi connectivity index (χ1n) is 6.35. The van der Waals surface area contributed by atoms with Crippen LogP contribution in [0.2, 0.25) is 5.15 Å². The highest BCUT2D eigenvalue weighted by molar-refractivity contribution is 7.09. The first-order valence-corrected chi connectivity index (χ1v) is 7.60. The van der Waals surface area contributed by atoms with Crippen LogP contribution in [-0.4, -0.2) is 21.5 Å². The van der Waals surface area contributed by atoms with E-state index in [0.29, 0.717) is 11.1 Å². The summed E-state index contributed by atoms with van der Waals surface area (Å²) < 4.78 is 0. The maximum Gasteiger partial charge on any atom is 0.137 e. The second-order valence-electron chi connectivity index (χ2n) is 4.39. The minimum Gasteiger partial charge on any atom is -0.369 e. The topological polar surface area (TPSA) is 50.7 Å². The van der Waals surface area contributed by atoms with Gasteiger partial charge in [-0.3, -0.25) is 0 Å². The summed E-state index contributed by atoms with van der Waals surface area (Å²) in [6.07, 6.45) is 5.23. The van der Waals surface area contributed by atoms with E-state index in [0.717, 1.165) is 35.8 Å². The molecule has 0 aliphatic heterocycles. The van der Waals surface area contributed by atoms with E-state index >= 15 is 0 Å². The van der Waals surface area contributed by atoms with Crippen molar-refractivity contribution < 1.29 is 0 Å². The normalized spacial score (nSPS) is 12.4. The van der Waals surface area contributed by atoms with Gasteiger partial charge in [0.2, 0.25) is 0 Å². The van der Waals surface area contributed by atoms with Crippen molar-refractivity contribution in [3.05, 3.63) is 33.6 Å². The van der Waals surface area contributed by atoms with Gasteiger partial charge in [0.25, 0.3) is 0 Å². The number of hydrogen-bond acceptors (Lipinski definition) is 5. The zero-order valence-electron chi connectivity index (χ0n) is 11.1. The maximum atomic E-state index is 6.12. The molecular formula is C13H17ClN4S. The Morgan fingerprint density at radius 3 is 2.89 bits per heavy atom. The van der Waals surface area contributed by atoms with Gasteiger partial charge in [0.05, 0.1) is 5.01 Å². The highest BCUT2D eigenvalue weighted by Gasteiger charge is 2.12. The van der Waals surface area contributed by atoms with Crippen LogP contribution in [0.5, 0.6) is 0 Å². The van der Waals surface area contributed by atoms with Crippen molar-refractivity contribution in [3.8, 4) is 0 Å². The van der Waals surface area contributed by atoms with Crippen LogP contribution in [0.25, 0.3) is 0 Å². The molecule has 0 amide bonds. The molecule has 2 aromatic heterocycles. The number of nitrogens with zero attached hydrogens (tertiary/aromatic N) is 3. The average Bonchev–Trinajstić information content (AvgIpc) is 2.93. The van der Waals surface area contributed by atoms with Gasteiger partial charge in [-0.25, -0.2) is 15.0 Å². The fourth-order valence-corrected chi connectivity index (χ4v) is 2.76. The van der Waals surface area contributed by atoms with E-state index in [1.54, 1.807) is 11.3 Å². The van der Waals surface area contributed by atoms with Crippen LogP contribution < -0.4 is 5.32 Å². The number of rotatable bonds is 6. The molecule has 2 aromatic rings. The quantitative estimate of drug-likeness (QED) is 0.825. The van der Waals surface area contributed by atoms with Crippen LogP contribution in [0.3, 0.4) is 0 Å². The van der Waals surface area contributed by atoms with Gasteiger partial charge in [-0.1, -0.05) is 31.9 Å². The van der Waals surface area contributed by atoms with E-state index < -0.39 is 0 Å². The summed E-state index contributed by atoms with van der Waals surface area (Å²) in [6, 6.07) is 0. The lowest BCUT2D eigenvalue weighted by atomic mass is 10.1. The number of nitrogens with one attached hydrogen (secondary N) is 1. The predicted octanol–water partition coefficient (Wildman–Crippen LogP) is 3.75. The molecule has 0 aromatic carbocycles. The SMILES string of the molecule is CCCc1c(Cl)ncnc1NCC(C)c1nccs1. The number of thiazole rings is 1. The molecule has 1 unspecified atom stereocenters. The van der Waals surface area contributed by atoms with E-state index in [4.69, 9.17) is 11.6 Å². The Morgan fingerprint density at radius 1 is 1.37 bits per heavy atom. The van der Waals surface area contributed by atoms with Crippen molar-refractivity contribution >= 4 is 28.8 Å². The lowest BCUT2D eigenvalue weighted by molar-refractivity contribution is 0.787. The molecule has 0 radical (unpaired) electrons. The molecule has 2 heterocycles. The van der Waals surface area contributed by atoms with Crippen LogP contribution >= 0.6 is 22.9 Å². The highest BCUT2D eigenvalue weighted by Crippen LogP contribution is 2.23. The molecule has 1 atom stereocenters. The van der Waals surface area contributed by atoms with Gasteiger partial charge >= 0.3 is 0 Å². The van der Waals surface area contributed by atoms with Gasteiger partial charge in [0, 0.05) is 29.6 Å². The third kappa shape index (κ3) is 3.64. The Kier molecular flexibility index (Phi) is 5.10. The largest absolute Gasteiger partial charge is 0.369 e. The zero-order valence-corrected chi connectivity index (χ0v) is 12.6. The fraction of sp³-hybridized carbons (Fsp3) is 0.462. The molecule has 0 aliphatic carbocycles. The minimum absolute atomic E-state index is 0.350. The monoisotopic (exact) mass is 296 g/mol. The lowest BCUT2D eigenvalue weighted by Gasteiger charge is -2.14. The van der Waals surface area contributed by atoms with Crippen LogP contribution in [0.1, 0.15) is 36.8 Å². The molecule has 102 valence electrons. The van der Waals surface area contributed by atoms with Crippen molar-refractivity contribution in [2.75, 3.05) is 11.9 Å². The molecule has 1 N–H and O–H groups in total. The smallest absolute Gasteiger partial charge is 0.137 e. The number of anilines is 1. The third-order valence-corrected chi connectivity index (χ3v) is 4.17. The van der Waals surface area contributed by atoms with E-state index in [-0.39, 0.29) is 0 Å². The van der Waals surface area contributed by atoms with E-state index in [1.165, 1.54) is 6.33 Å². The molecule has 0 bridgehead atoms. The molecular weight excluding hydrogens is 280 g/mol. The molecule has 4 nitrogen and oxygen atoms in total. The second-order valence-corrected chi connectivity index (χ2v) is 5.68. The average molecular weight is 297 g/mol. The molecule has 19 heavy (non-hydrogen) atoms. The van der Waals surface area contributed by atoms with Crippen LogP contribution in [0.4, 0.5) is 5.82 Å². The first-order chi connectivity index (χ1) is 9.22. The van der Waals surface area contributed by atoms with E-state index in [2.05, 4.69) is 34.1 Å². The summed E-state index contributed by atoms with van der Waals surface area (Å²) in [5, 5.41) is 7.03. The Bertz CT molecular complexity index is 515. The van der Waals surface area contributed by atoms with Gasteiger partial charge < -0.3 is 5.32 Å². The zero-order chi connectivity index (χ0) is 13.7. The number of halogens is 1. The van der Waals surface area contributed by atoms with Gasteiger partial charge in [-0.15, -0.1) is 11.3 Å². The summed E-state index contributed by atoms with van der Waals surface area (Å²) >= 11 is 7.80. The Labute approximate surface area is 122 Å². The van der Waals surface area contributed by atoms with Crippen LogP contribution in [-0.2, 0) is 6.42 Å². The molecule has 0 aliphatic rings. The molecule has 2 rings (SSSR count). The van der Waals surface area contributed by atoms with Gasteiger partial charge in [0.15, 0.2) is 0 Å². The first kappa shape index (κ1) is 14.2. The molecule has 0 fully saturated rings. The van der Waals surface area contributed by atoms with Crippen molar-refractivity contribution in [2.45, 2.75) is 32.6 Å². The summed E-state index contributed by atoms with van der Waals surface area (Å²) in [7, 11) is 0. The third-order valence-electron chi connectivity index (χ3n) is 2.84. The summed E-state index contributed by atoms with van der Waals surface area (Å²) in [5.74, 6) is 1.19. The Hall–Kier alpha value is -1.20. The summed E-state index contributed by atoms with van der Waals surface area (Å²) in [6.45, 7) is 5.05. The van der Waals surface area contributed by atoms with E-state index in [9.17, 15) is 0 Å². The van der Waals surface area contributed by atoms with E-state index in [1.807, 2.05) is 11.6 Å². The fourth-order valence-electron chi connectivity index (χ4n) is 1.83. The Balaban J connectivity index is 2.05. The van der Waals surface area contributed by atoms with Crippen LogP contribution in [0.15, 0.2) is 17.9 Å². The summed E-state index contributed by atoms with van der Waals surface area (Å²) in [4.78, 5) is 12.7. The van der Waals surface area contributed by atoms with Gasteiger partial charge in [-0.05, 0) is 6.42 Å². The van der Waals surface area contributed by atoms with Gasteiger partial charge in [-0.2, -0.15) is 0 Å². The maximum absolute atomic E-state index is 6.12. The van der Waals surface area contributed by atoms with Crippen LogP contribution in [0, 0.1) is 0 Å². The highest BCUT2D eigenvalue weighted by atomic mass is 35.5. The molecule has 0 saturated carbocycles. The second kappa shape index (κ2) is 6.82. The van der Waals surface area contributed by atoms with Crippen molar-refractivity contribution in [1.29, 1.82) is 0 Å². The van der Waals surface area contributed by atoms with Crippen molar-refractivity contribution in [1.82, 2.24) is 15.0 Å². The van der Waals surface area contributed by atoms with Crippen molar-refractivity contribution in [3.63, 3.8) is 0 Å². The van der Waals surface area contributed by atoms with Gasteiger partial charge in [0.1, 0.15) is 17.3 Å². The summed E-state index contributed by atoms with van der Waals surface area (Å²) in [5.41, 5.74) is 0.998. The number of hydrogen-bond donors (Lipinski definition) is 1. The Morgan fingerprint density at radius 2 is 2.21 bits per heavy atom. The van der Waals surface area contributed by atoms with Crippen molar-refractivity contribution in [2.24, 2.45) is 0 Å².